The topological polar surface area (TPSA) is 32.3 Å². The van der Waals surface area contributed by atoms with Gasteiger partial charge in [-0.1, -0.05) is 24.3 Å². The Morgan fingerprint density at radius 3 is 2.54 bits per heavy atom. The lowest BCUT2D eigenvalue weighted by atomic mass is 10.0. The summed E-state index contributed by atoms with van der Waals surface area (Å²) in [6.45, 7) is 1.58. The van der Waals surface area contributed by atoms with E-state index in [-0.39, 0.29) is 24.2 Å². The summed E-state index contributed by atoms with van der Waals surface area (Å²) in [7, 11) is 0. The van der Waals surface area contributed by atoms with E-state index < -0.39 is 11.7 Å². The van der Waals surface area contributed by atoms with Gasteiger partial charge < -0.3 is 10.2 Å². The Hall–Kier alpha value is -2.41. The van der Waals surface area contributed by atoms with Gasteiger partial charge in [0.05, 0.1) is 18.0 Å². The zero-order valence-electron chi connectivity index (χ0n) is 13.9. The molecule has 1 heterocycles. The molecule has 0 aromatic heterocycles. The fraction of sp³-hybridized carbons (Fsp3) is 0.316. The highest BCUT2D eigenvalue weighted by atomic mass is 19.4. The van der Waals surface area contributed by atoms with E-state index in [1.54, 1.807) is 17.0 Å². The first-order valence-electron chi connectivity index (χ1n) is 8.26. The summed E-state index contributed by atoms with van der Waals surface area (Å²) in [5.41, 5.74) is 0.464. The van der Waals surface area contributed by atoms with Crippen molar-refractivity contribution in [2.45, 2.75) is 18.6 Å². The van der Waals surface area contributed by atoms with E-state index in [0.29, 0.717) is 30.8 Å². The molecule has 0 spiro atoms. The zero-order valence-corrected chi connectivity index (χ0v) is 13.9. The van der Waals surface area contributed by atoms with E-state index in [1.807, 2.05) is 0 Å². The van der Waals surface area contributed by atoms with E-state index in [1.165, 1.54) is 24.3 Å². The van der Waals surface area contributed by atoms with E-state index in [4.69, 9.17) is 0 Å². The minimum absolute atomic E-state index is 0.00392. The zero-order chi connectivity index (χ0) is 18.7. The summed E-state index contributed by atoms with van der Waals surface area (Å²) in [5.74, 6) is -0.566. The largest absolute Gasteiger partial charge is 0.416 e. The van der Waals surface area contributed by atoms with Crippen molar-refractivity contribution in [1.29, 1.82) is 0 Å². The first kappa shape index (κ1) is 18.4. The van der Waals surface area contributed by atoms with Crippen LogP contribution in [0.25, 0.3) is 0 Å². The summed E-state index contributed by atoms with van der Waals surface area (Å²) in [6, 6.07) is 10.4. The summed E-state index contributed by atoms with van der Waals surface area (Å²) in [6.07, 6.45) is -4.40. The fourth-order valence-electron chi connectivity index (χ4n) is 3.10. The molecule has 1 unspecified atom stereocenters. The van der Waals surface area contributed by atoms with Crippen LogP contribution in [0.15, 0.2) is 48.5 Å². The van der Waals surface area contributed by atoms with Crippen LogP contribution in [-0.2, 0) is 17.4 Å². The van der Waals surface area contributed by atoms with Gasteiger partial charge in [-0.25, -0.2) is 4.39 Å². The van der Waals surface area contributed by atoms with Crippen molar-refractivity contribution in [3.05, 3.63) is 71.0 Å². The van der Waals surface area contributed by atoms with E-state index >= 15 is 0 Å². The Morgan fingerprint density at radius 2 is 1.88 bits per heavy atom. The van der Waals surface area contributed by atoms with Gasteiger partial charge in [-0.3, -0.25) is 4.79 Å². The molecule has 1 aliphatic rings. The van der Waals surface area contributed by atoms with Crippen LogP contribution in [0.3, 0.4) is 0 Å². The average molecular weight is 366 g/mol. The number of hydrogen-bond acceptors (Lipinski definition) is 2. The van der Waals surface area contributed by atoms with Gasteiger partial charge >= 0.3 is 6.18 Å². The molecule has 26 heavy (non-hydrogen) atoms. The molecular formula is C19H18F4N2O. The maximum Gasteiger partial charge on any atom is 0.416 e. The Morgan fingerprint density at radius 1 is 1.15 bits per heavy atom. The van der Waals surface area contributed by atoms with Crippen LogP contribution in [0.1, 0.15) is 22.7 Å². The Balaban J connectivity index is 1.74. The molecule has 0 saturated carbocycles. The number of nitrogens with zero attached hydrogens (tertiary/aromatic N) is 1. The first-order chi connectivity index (χ1) is 12.3. The highest BCUT2D eigenvalue weighted by Gasteiger charge is 2.31. The van der Waals surface area contributed by atoms with Gasteiger partial charge in [0.1, 0.15) is 5.82 Å². The Kier molecular flexibility index (Phi) is 5.27. The molecule has 138 valence electrons. The average Bonchev–Trinajstić information content (AvgIpc) is 2.61. The second-order valence-electron chi connectivity index (χ2n) is 6.23. The number of nitrogens with one attached hydrogen (secondary N) is 1. The van der Waals surface area contributed by atoms with E-state index in [9.17, 15) is 22.4 Å². The van der Waals surface area contributed by atoms with Gasteiger partial charge in [-0.2, -0.15) is 13.2 Å². The number of carbonyl (C=O) groups excluding carboxylic acids is 1. The molecule has 0 bridgehead atoms. The normalized spacial score (nSPS) is 18.0. The van der Waals surface area contributed by atoms with E-state index in [0.717, 1.165) is 12.1 Å². The Labute approximate surface area is 148 Å². The summed E-state index contributed by atoms with van der Waals surface area (Å²) in [4.78, 5) is 14.4. The van der Waals surface area contributed by atoms with Crippen molar-refractivity contribution >= 4 is 5.91 Å². The first-order valence-corrected chi connectivity index (χ1v) is 8.26. The lowest BCUT2D eigenvalue weighted by Gasteiger charge is -2.36. The quantitative estimate of drug-likeness (QED) is 0.843. The predicted molar refractivity (Wildman–Crippen MR) is 88.9 cm³/mol. The summed E-state index contributed by atoms with van der Waals surface area (Å²) < 4.78 is 51.4. The molecule has 3 rings (SSSR count). The van der Waals surface area contributed by atoms with Gasteiger partial charge in [-0.15, -0.1) is 0 Å². The standard InChI is InChI=1S/C19H18F4N2O/c20-16-3-1-2-14(11-16)17-12-24-8-9-25(17)18(26)10-13-4-6-15(7-5-13)19(21,22)23/h1-7,11,17,24H,8-10,12H2. The van der Waals surface area contributed by atoms with Crippen molar-refractivity contribution in [2.24, 2.45) is 0 Å². The molecule has 1 N–H and O–H groups in total. The van der Waals surface area contributed by atoms with Gasteiger partial charge in [0.2, 0.25) is 5.91 Å². The Bertz CT molecular complexity index is 774. The van der Waals surface area contributed by atoms with Crippen LogP contribution >= 0.6 is 0 Å². The molecule has 7 heteroatoms. The van der Waals surface area contributed by atoms with Gasteiger partial charge in [-0.05, 0) is 35.4 Å². The van der Waals surface area contributed by atoms with Crippen LogP contribution in [-0.4, -0.2) is 30.4 Å². The molecule has 1 atom stereocenters. The molecule has 0 aliphatic carbocycles. The minimum atomic E-state index is -4.40. The van der Waals surface area contributed by atoms with Crippen molar-refractivity contribution in [3.8, 4) is 0 Å². The molecule has 1 saturated heterocycles. The number of amides is 1. The number of alkyl halides is 3. The summed E-state index contributed by atoms with van der Waals surface area (Å²) >= 11 is 0. The summed E-state index contributed by atoms with van der Waals surface area (Å²) in [5, 5.41) is 3.18. The molecule has 1 aliphatic heterocycles. The molecule has 2 aromatic carbocycles. The van der Waals surface area contributed by atoms with Gasteiger partial charge in [0.25, 0.3) is 0 Å². The lowest BCUT2D eigenvalue weighted by Crippen LogP contribution is -2.49. The van der Waals surface area contributed by atoms with Crippen LogP contribution < -0.4 is 5.32 Å². The maximum absolute atomic E-state index is 13.5. The van der Waals surface area contributed by atoms with Gasteiger partial charge in [0, 0.05) is 19.6 Å². The molecule has 1 fully saturated rings. The number of piperazine rings is 1. The van der Waals surface area contributed by atoms with Gasteiger partial charge in [0.15, 0.2) is 0 Å². The van der Waals surface area contributed by atoms with Crippen LogP contribution in [0.5, 0.6) is 0 Å². The van der Waals surface area contributed by atoms with Crippen LogP contribution in [0.4, 0.5) is 17.6 Å². The monoisotopic (exact) mass is 366 g/mol. The van der Waals surface area contributed by atoms with Crippen molar-refractivity contribution in [3.63, 3.8) is 0 Å². The molecule has 1 amide bonds. The number of carbonyl (C=O) groups is 1. The second-order valence-corrected chi connectivity index (χ2v) is 6.23. The molecule has 3 nitrogen and oxygen atoms in total. The SMILES string of the molecule is O=C(Cc1ccc(C(F)(F)F)cc1)N1CCNCC1c1cccc(F)c1. The molecular weight excluding hydrogens is 348 g/mol. The van der Waals surface area contributed by atoms with Crippen molar-refractivity contribution in [2.75, 3.05) is 19.6 Å². The number of hydrogen-bond donors (Lipinski definition) is 1. The minimum Gasteiger partial charge on any atom is -0.333 e. The second kappa shape index (κ2) is 7.45. The third-order valence-electron chi connectivity index (χ3n) is 4.43. The predicted octanol–water partition coefficient (Wildman–Crippen LogP) is 3.56. The maximum atomic E-state index is 13.5. The molecule has 2 aromatic rings. The fourth-order valence-corrected chi connectivity index (χ4v) is 3.10. The van der Waals surface area contributed by atoms with Crippen molar-refractivity contribution < 1.29 is 22.4 Å². The number of halogens is 4. The van der Waals surface area contributed by atoms with Crippen LogP contribution in [0.2, 0.25) is 0 Å². The number of benzene rings is 2. The molecule has 0 radical (unpaired) electrons. The van der Waals surface area contributed by atoms with E-state index in [2.05, 4.69) is 5.32 Å². The third kappa shape index (κ3) is 4.22. The van der Waals surface area contributed by atoms with Crippen LogP contribution in [0, 0.1) is 5.82 Å². The lowest BCUT2D eigenvalue weighted by molar-refractivity contribution is -0.137. The smallest absolute Gasteiger partial charge is 0.333 e. The highest BCUT2D eigenvalue weighted by Crippen LogP contribution is 2.29. The third-order valence-corrected chi connectivity index (χ3v) is 4.43. The number of rotatable bonds is 3. The highest BCUT2D eigenvalue weighted by molar-refractivity contribution is 5.79. The van der Waals surface area contributed by atoms with Crippen molar-refractivity contribution in [1.82, 2.24) is 10.2 Å².